The number of halogens is 3. The van der Waals surface area contributed by atoms with Crippen LogP contribution < -0.4 is 5.56 Å². The van der Waals surface area contributed by atoms with Gasteiger partial charge >= 0.3 is 6.18 Å². The molecule has 0 atom stereocenters. The number of aromatic nitrogens is 2. The molecule has 0 radical (unpaired) electrons. The highest BCUT2D eigenvalue weighted by molar-refractivity contribution is 5.70. The van der Waals surface area contributed by atoms with Crippen LogP contribution in [-0.2, 0) is 6.18 Å². The molecule has 2 aromatic rings. The zero-order chi connectivity index (χ0) is 16.3. The highest BCUT2D eigenvalue weighted by Gasteiger charge is 2.29. The zero-order valence-corrected chi connectivity index (χ0v) is 11.4. The summed E-state index contributed by atoms with van der Waals surface area (Å²) in [5, 5.41) is 14.9. The third kappa shape index (κ3) is 3.23. The molecule has 4 nitrogen and oxygen atoms in total. The molecule has 0 unspecified atom stereocenters. The molecule has 1 N–H and O–H groups in total. The number of H-pyrrole nitrogens is 1. The first-order valence-electron chi connectivity index (χ1n) is 6.17. The van der Waals surface area contributed by atoms with Crippen molar-refractivity contribution in [3.8, 4) is 6.07 Å². The summed E-state index contributed by atoms with van der Waals surface area (Å²) in [5.74, 6) is 0. The Morgan fingerprint density at radius 3 is 2.41 bits per heavy atom. The minimum absolute atomic E-state index is 0.0398. The van der Waals surface area contributed by atoms with E-state index >= 15 is 0 Å². The van der Waals surface area contributed by atoms with E-state index in [1.807, 2.05) is 0 Å². The van der Waals surface area contributed by atoms with Gasteiger partial charge in [-0.2, -0.15) is 23.5 Å². The lowest BCUT2D eigenvalue weighted by Gasteiger charge is -2.06. The number of nitrogens with zero attached hydrogens (tertiary/aromatic N) is 2. The van der Waals surface area contributed by atoms with Crippen molar-refractivity contribution in [3.05, 3.63) is 62.6 Å². The Hall–Kier alpha value is -2.88. The number of nitriles is 1. The molecule has 1 aromatic heterocycles. The SMILES string of the molecule is Cc1c(C=Cc2ccc(C(F)(F)F)cc2)n[nH]c(=O)c1C#N. The van der Waals surface area contributed by atoms with Crippen LogP contribution in [0.25, 0.3) is 12.2 Å². The molecule has 2 rings (SSSR count). The monoisotopic (exact) mass is 305 g/mol. The lowest BCUT2D eigenvalue weighted by atomic mass is 10.1. The standard InChI is InChI=1S/C15H10F3N3O/c1-9-12(8-19)14(22)21-20-13(9)7-4-10-2-5-11(6-3-10)15(16,17)18/h2-7H,1H3,(H,21,22). The molecule has 1 aromatic carbocycles. The van der Waals surface area contributed by atoms with Gasteiger partial charge in [0.1, 0.15) is 11.6 Å². The molecule has 0 fully saturated rings. The predicted molar refractivity (Wildman–Crippen MR) is 74.7 cm³/mol. The number of nitrogens with one attached hydrogen (secondary N) is 1. The Bertz CT molecular complexity index is 812. The van der Waals surface area contributed by atoms with Gasteiger partial charge in [0, 0.05) is 0 Å². The van der Waals surface area contributed by atoms with Gasteiger partial charge in [-0.25, -0.2) is 5.10 Å². The van der Waals surface area contributed by atoms with Gasteiger partial charge < -0.3 is 0 Å². The van der Waals surface area contributed by atoms with Crippen molar-refractivity contribution in [2.75, 3.05) is 0 Å². The fourth-order valence-electron chi connectivity index (χ4n) is 1.80. The van der Waals surface area contributed by atoms with Gasteiger partial charge in [-0.1, -0.05) is 18.2 Å². The van der Waals surface area contributed by atoms with E-state index in [0.29, 0.717) is 16.8 Å². The van der Waals surface area contributed by atoms with Gasteiger partial charge in [0.05, 0.1) is 11.3 Å². The van der Waals surface area contributed by atoms with E-state index in [-0.39, 0.29) is 5.56 Å². The summed E-state index contributed by atoms with van der Waals surface area (Å²) in [6, 6.07) is 6.39. The second-order valence-corrected chi connectivity index (χ2v) is 4.50. The third-order valence-corrected chi connectivity index (χ3v) is 3.05. The summed E-state index contributed by atoms with van der Waals surface area (Å²) in [5.41, 5.74) is -0.0205. The normalized spacial score (nSPS) is 11.6. The van der Waals surface area contributed by atoms with E-state index in [2.05, 4.69) is 10.2 Å². The number of aromatic amines is 1. The lowest BCUT2D eigenvalue weighted by molar-refractivity contribution is -0.137. The summed E-state index contributed by atoms with van der Waals surface area (Å²) < 4.78 is 37.4. The number of alkyl halides is 3. The fraction of sp³-hybridized carbons (Fsp3) is 0.133. The highest BCUT2D eigenvalue weighted by Crippen LogP contribution is 2.29. The van der Waals surface area contributed by atoms with Crippen LogP contribution in [0.2, 0.25) is 0 Å². The average Bonchev–Trinajstić information content (AvgIpc) is 2.46. The smallest absolute Gasteiger partial charge is 0.267 e. The Labute approximate surface area is 123 Å². The first-order valence-corrected chi connectivity index (χ1v) is 6.17. The molecular formula is C15H10F3N3O. The minimum atomic E-state index is -4.37. The van der Waals surface area contributed by atoms with Crippen molar-refractivity contribution in [2.24, 2.45) is 0 Å². The van der Waals surface area contributed by atoms with Crippen molar-refractivity contribution in [3.63, 3.8) is 0 Å². The second kappa shape index (κ2) is 5.85. The van der Waals surface area contributed by atoms with Gasteiger partial charge in [-0.3, -0.25) is 4.79 Å². The molecule has 0 saturated carbocycles. The summed E-state index contributed by atoms with van der Waals surface area (Å²) in [7, 11) is 0. The molecule has 0 aliphatic rings. The summed E-state index contributed by atoms with van der Waals surface area (Å²) in [6.45, 7) is 1.58. The fourth-order valence-corrected chi connectivity index (χ4v) is 1.80. The van der Waals surface area contributed by atoms with E-state index in [1.165, 1.54) is 18.2 Å². The molecule has 0 saturated heterocycles. The van der Waals surface area contributed by atoms with Crippen molar-refractivity contribution in [1.82, 2.24) is 10.2 Å². The van der Waals surface area contributed by atoms with E-state index in [4.69, 9.17) is 5.26 Å². The van der Waals surface area contributed by atoms with Crippen LogP contribution in [0, 0.1) is 18.3 Å². The molecule has 0 spiro atoms. The summed E-state index contributed by atoms with van der Waals surface area (Å²) >= 11 is 0. The maximum absolute atomic E-state index is 12.5. The maximum atomic E-state index is 12.5. The molecule has 112 valence electrons. The number of hydrogen-bond donors (Lipinski definition) is 1. The largest absolute Gasteiger partial charge is 0.416 e. The van der Waals surface area contributed by atoms with Gasteiger partial charge in [0.15, 0.2) is 0 Å². The Morgan fingerprint density at radius 1 is 1.23 bits per heavy atom. The van der Waals surface area contributed by atoms with E-state index in [1.54, 1.807) is 19.1 Å². The van der Waals surface area contributed by atoms with Crippen molar-refractivity contribution < 1.29 is 13.2 Å². The molecule has 0 amide bonds. The van der Waals surface area contributed by atoms with Crippen LogP contribution in [0.5, 0.6) is 0 Å². The first kappa shape index (κ1) is 15.5. The molecule has 22 heavy (non-hydrogen) atoms. The van der Waals surface area contributed by atoms with Crippen LogP contribution in [0.4, 0.5) is 13.2 Å². The van der Waals surface area contributed by atoms with Crippen LogP contribution in [-0.4, -0.2) is 10.2 Å². The quantitative estimate of drug-likeness (QED) is 0.926. The van der Waals surface area contributed by atoms with Crippen molar-refractivity contribution in [1.29, 1.82) is 5.26 Å². The number of hydrogen-bond acceptors (Lipinski definition) is 3. The van der Waals surface area contributed by atoms with Gasteiger partial charge in [-0.15, -0.1) is 0 Å². The van der Waals surface area contributed by atoms with E-state index in [0.717, 1.165) is 12.1 Å². The highest BCUT2D eigenvalue weighted by atomic mass is 19.4. The Morgan fingerprint density at radius 2 is 1.86 bits per heavy atom. The van der Waals surface area contributed by atoms with Crippen molar-refractivity contribution >= 4 is 12.2 Å². The van der Waals surface area contributed by atoms with E-state index in [9.17, 15) is 18.0 Å². The van der Waals surface area contributed by atoms with Gasteiger partial charge in [0.2, 0.25) is 0 Å². The summed E-state index contributed by atoms with van der Waals surface area (Å²) in [6.07, 6.45) is -1.30. The number of rotatable bonds is 2. The van der Waals surface area contributed by atoms with Crippen LogP contribution in [0.15, 0.2) is 29.1 Å². The molecule has 0 aliphatic heterocycles. The first-order chi connectivity index (χ1) is 10.3. The number of benzene rings is 1. The van der Waals surface area contributed by atoms with Crippen LogP contribution >= 0.6 is 0 Å². The second-order valence-electron chi connectivity index (χ2n) is 4.50. The minimum Gasteiger partial charge on any atom is -0.267 e. The zero-order valence-electron chi connectivity index (χ0n) is 11.4. The average molecular weight is 305 g/mol. The maximum Gasteiger partial charge on any atom is 0.416 e. The summed E-state index contributed by atoms with van der Waals surface area (Å²) in [4.78, 5) is 11.4. The predicted octanol–water partition coefficient (Wildman–Crippen LogP) is 3.14. The molecule has 7 heteroatoms. The molecule has 1 heterocycles. The van der Waals surface area contributed by atoms with Gasteiger partial charge in [0.25, 0.3) is 5.56 Å². The van der Waals surface area contributed by atoms with Crippen molar-refractivity contribution in [2.45, 2.75) is 13.1 Å². The van der Waals surface area contributed by atoms with Crippen LogP contribution in [0.1, 0.15) is 27.9 Å². The third-order valence-electron chi connectivity index (χ3n) is 3.05. The molecule has 0 aliphatic carbocycles. The van der Waals surface area contributed by atoms with Crippen LogP contribution in [0.3, 0.4) is 0 Å². The Kier molecular flexibility index (Phi) is 4.13. The topological polar surface area (TPSA) is 69.5 Å². The molecular weight excluding hydrogens is 295 g/mol. The van der Waals surface area contributed by atoms with E-state index < -0.39 is 17.3 Å². The molecule has 0 bridgehead atoms. The lowest BCUT2D eigenvalue weighted by Crippen LogP contribution is -2.15. The Balaban J connectivity index is 2.30. The van der Waals surface area contributed by atoms with Gasteiger partial charge in [-0.05, 0) is 36.3 Å².